The van der Waals surface area contributed by atoms with E-state index in [0.29, 0.717) is 32.3 Å². The zero-order chi connectivity index (χ0) is 15.1. The molecule has 110 valence electrons. The maximum Gasteiger partial charge on any atom is 0.327 e. The molecule has 0 saturated carbocycles. The smallest absolute Gasteiger partial charge is 0.327 e. The maximum absolute atomic E-state index is 12.6. The Morgan fingerprint density at radius 1 is 1.52 bits per heavy atom. The molecule has 1 saturated heterocycles. The summed E-state index contributed by atoms with van der Waals surface area (Å²) >= 11 is 2.53. The number of aliphatic carboxylic acids is 1. The van der Waals surface area contributed by atoms with Gasteiger partial charge in [0.1, 0.15) is 10.9 Å². The second kappa shape index (κ2) is 5.15. The molecule has 0 aliphatic carbocycles. The molecule has 0 radical (unpaired) electrons. The van der Waals surface area contributed by atoms with Gasteiger partial charge in [-0.25, -0.2) is 9.78 Å². The lowest BCUT2D eigenvalue weighted by Gasteiger charge is -2.19. The van der Waals surface area contributed by atoms with E-state index in [2.05, 4.69) is 9.97 Å². The van der Waals surface area contributed by atoms with Gasteiger partial charge in [-0.15, -0.1) is 23.1 Å². The Morgan fingerprint density at radius 2 is 2.29 bits per heavy atom. The van der Waals surface area contributed by atoms with Crippen LogP contribution in [0.15, 0.2) is 11.1 Å². The van der Waals surface area contributed by atoms with Gasteiger partial charge >= 0.3 is 5.97 Å². The minimum absolute atomic E-state index is 0.293. The van der Waals surface area contributed by atoms with Gasteiger partial charge < -0.3 is 15.0 Å². The first-order valence-electron chi connectivity index (χ1n) is 6.09. The van der Waals surface area contributed by atoms with Crippen LogP contribution >= 0.6 is 23.1 Å². The monoisotopic (exact) mass is 325 g/mol. The first-order chi connectivity index (χ1) is 10.0. The molecule has 1 fully saturated rings. The van der Waals surface area contributed by atoms with Gasteiger partial charge in [0, 0.05) is 5.75 Å². The van der Waals surface area contributed by atoms with Gasteiger partial charge in [-0.2, -0.15) is 0 Å². The minimum Gasteiger partial charge on any atom is -0.480 e. The Morgan fingerprint density at radius 3 is 2.95 bits per heavy atom. The van der Waals surface area contributed by atoms with E-state index < -0.39 is 12.0 Å². The third kappa shape index (κ3) is 2.22. The number of carbonyl (C=O) groups excluding carboxylic acids is 1. The normalized spacial score (nSPS) is 18.3. The number of hydrogen-bond donors (Lipinski definition) is 2. The maximum atomic E-state index is 12.6. The van der Waals surface area contributed by atoms with Crippen molar-refractivity contribution in [1.29, 1.82) is 0 Å². The molecule has 1 amide bonds. The highest BCUT2D eigenvalue weighted by molar-refractivity contribution is 7.99. The largest absolute Gasteiger partial charge is 0.480 e. The number of aryl methyl sites for hydroxylation is 1. The number of amides is 1. The van der Waals surface area contributed by atoms with Crippen LogP contribution in [0, 0.1) is 6.92 Å². The van der Waals surface area contributed by atoms with Crippen LogP contribution in [0.2, 0.25) is 0 Å². The molecule has 0 aromatic carbocycles. The zero-order valence-electron chi connectivity index (χ0n) is 11.0. The fourth-order valence-corrected chi connectivity index (χ4v) is 4.51. The number of carbonyl (C=O) groups is 2. The van der Waals surface area contributed by atoms with E-state index >= 15 is 0 Å². The van der Waals surface area contributed by atoms with Gasteiger partial charge in [0.05, 0.1) is 22.5 Å². The molecule has 3 rings (SSSR count). The van der Waals surface area contributed by atoms with Crippen molar-refractivity contribution in [3.8, 4) is 0 Å². The Kier molecular flexibility index (Phi) is 3.46. The van der Waals surface area contributed by atoms with Crippen molar-refractivity contribution in [2.45, 2.75) is 13.0 Å². The van der Waals surface area contributed by atoms with Gasteiger partial charge in [-0.3, -0.25) is 9.59 Å². The fourth-order valence-electron chi connectivity index (χ4n) is 2.26. The second-order valence-corrected chi connectivity index (χ2v) is 6.60. The minimum atomic E-state index is -1.01. The summed E-state index contributed by atoms with van der Waals surface area (Å²) in [5.41, 5.74) is 0.258. The number of rotatable bonds is 2. The predicted octanol–water partition coefficient (Wildman–Crippen LogP) is 0.893. The first-order valence-corrected chi connectivity index (χ1v) is 8.06. The number of aromatic amines is 1. The summed E-state index contributed by atoms with van der Waals surface area (Å²) in [5.74, 6) is -0.646. The quantitative estimate of drug-likeness (QED) is 0.850. The SMILES string of the molecule is Cc1c(C(=O)N2CSCC2C(=O)O)sc2nc[nH]c(=O)c12. The summed E-state index contributed by atoms with van der Waals surface area (Å²) in [5, 5.41) is 9.55. The number of thiophene rings is 1. The summed E-state index contributed by atoms with van der Waals surface area (Å²) in [7, 11) is 0. The number of nitrogens with one attached hydrogen (secondary N) is 1. The average Bonchev–Trinajstić information content (AvgIpc) is 3.04. The molecule has 1 aliphatic rings. The highest BCUT2D eigenvalue weighted by Gasteiger charge is 2.36. The van der Waals surface area contributed by atoms with Gasteiger partial charge in [0.25, 0.3) is 11.5 Å². The number of H-pyrrole nitrogens is 1. The zero-order valence-corrected chi connectivity index (χ0v) is 12.6. The van der Waals surface area contributed by atoms with E-state index in [9.17, 15) is 14.4 Å². The number of thioether (sulfide) groups is 1. The Balaban J connectivity index is 2.06. The number of fused-ring (bicyclic) bond motifs is 1. The van der Waals surface area contributed by atoms with Crippen LogP contribution in [0.5, 0.6) is 0 Å². The second-order valence-electron chi connectivity index (χ2n) is 4.60. The van der Waals surface area contributed by atoms with E-state index in [1.165, 1.54) is 23.0 Å². The van der Waals surface area contributed by atoms with Gasteiger partial charge in [-0.05, 0) is 12.5 Å². The topological polar surface area (TPSA) is 103 Å². The molecule has 0 spiro atoms. The number of carboxylic acid groups (broad SMARTS) is 1. The molecule has 7 nitrogen and oxygen atoms in total. The summed E-state index contributed by atoms with van der Waals surface area (Å²) in [6, 6.07) is -0.821. The molecule has 0 bridgehead atoms. The van der Waals surface area contributed by atoms with Crippen molar-refractivity contribution in [2.75, 3.05) is 11.6 Å². The number of hydrogen-bond acceptors (Lipinski definition) is 6. The standard InChI is InChI=1S/C12H11N3O4S2/c1-5-7-9(16)13-3-14-10(7)21-8(5)11(17)15-4-20-2-6(15)12(18)19/h3,6H,2,4H2,1H3,(H,18,19)(H,13,14,16). The number of nitrogens with zero attached hydrogens (tertiary/aromatic N) is 2. The Hall–Kier alpha value is -1.87. The van der Waals surface area contributed by atoms with E-state index in [0.717, 1.165) is 11.3 Å². The molecular formula is C12H11N3O4S2. The van der Waals surface area contributed by atoms with Crippen LogP contribution in [-0.2, 0) is 4.79 Å². The molecule has 9 heteroatoms. The molecule has 2 aromatic rings. The summed E-state index contributed by atoms with van der Waals surface area (Å²) in [6.07, 6.45) is 1.29. The van der Waals surface area contributed by atoms with Crippen LogP contribution in [0.25, 0.3) is 10.2 Å². The van der Waals surface area contributed by atoms with E-state index in [-0.39, 0.29) is 11.5 Å². The molecule has 1 atom stereocenters. The summed E-state index contributed by atoms with van der Waals surface area (Å²) in [4.78, 5) is 44.3. The summed E-state index contributed by atoms with van der Waals surface area (Å²) < 4.78 is 0. The molecular weight excluding hydrogens is 314 g/mol. The fraction of sp³-hybridized carbons (Fsp3) is 0.333. The first kappa shape index (κ1) is 14.1. The van der Waals surface area contributed by atoms with Crippen LogP contribution in [0.4, 0.5) is 0 Å². The van der Waals surface area contributed by atoms with Crippen molar-refractivity contribution >= 4 is 45.2 Å². The summed E-state index contributed by atoms with van der Waals surface area (Å²) in [6.45, 7) is 1.68. The highest BCUT2D eigenvalue weighted by Crippen LogP contribution is 2.31. The number of carboxylic acids is 1. The molecule has 2 N–H and O–H groups in total. The van der Waals surface area contributed by atoms with E-state index in [4.69, 9.17) is 5.11 Å². The molecule has 1 unspecified atom stereocenters. The molecule has 21 heavy (non-hydrogen) atoms. The van der Waals surface area contributed by atoms with Crippen LogP contribution in [-0.4, -0.2) is 49.5 Å². The third-order valence-corrected chi connectivity index (χ3v) is 5.56. The lowest BCUT2D eigenvalue weighted by molar-refractivity contribution is -0.140. The van der Waals surface area contributed by atoms with Crippen molar-refractivity contribution in [2.24, 2.45) is 0 Å². The van der Waals surface area contributed by atoms with Crippen molar-refractivity contribution in [1.82, 2.24) is 14.9 Å². The molecule has 3 heterocycles. The van der Waals surface area contributed by atoms with Crippen LogP contribution in [0.1, 0.15) is 15.2 Å². The van der Waals surface area contributed by atoms with Gasteiger partial charge in [-0.1, -0.05) is 0 Å². The third-order valence-electron chi connectivity index (χ3n) is 3.36. The Bertz CT molecular complexity index is 797. The average molecular weight is 325 g/mol. The number of aromatic nitrogens is 2. The van der Waals surface area contributed by atoms with E-state index in [1.54, 1.807) is 6.92 Å². The lowest BCUT2D eigenvalue weighted by atomic mass is 10.2. The molecule has 1 aliphatic heterocycles. The van der Waals surface area contributed by atoms with Crippen molar-refractivity contribution < 1.29 is 14.7 Å². The van der Waals surface area contributed by atoms with Gasteiger partial charge in [0.2, 0.25) is 0 Å². The highest BCUT2D eigenvalue weighted by atomic mass is 32.2. The van der Waals surface area contributed by atoms with Crippen molar-refractivity contribution in [3.63, 3.8) is 0 Å². The van der Waals surface area contributed by atoms with Gasteiger partial charge in [0.15, 0.2) is 0 Å². The molecule has 2 aromatic heterocycles. The predicted molar refractivity (Wildman–Crippen MR) is 79.9 cm³/mol. The van der Waals surface area contributed by atoms with Crippen LogP contribution in [0.3, 0.4) is 0 Å². The lowest BCUT2D eigenvalue weighted by Crippen LogP contribution is -2.41. The van der Waals surface area contributed by atoms with Crippen molar-refractivity contribution in [3.05, 3.63) is 27.1 Å². The van der Waals surface area contributed by atoms with E-state index in [1.807, 2.05) is 0 Å². The Labute approximate surface area is 127 Å². The van der Waals surface area contributed by atoms with Crippen LogP contribution < -0.4 is 5.56 Å².